The van der Waals surface area contributed by atoms with E-state index >= 15 is 0 Å². The highest BCUT2D eigenvalue weighted by atomic mass is 35.5. The lowest BCUT2D eigenvalue weighted by molar-refractivity contribution is -0.131. The van der Waals surface area contributed by atoms with Crippen LogP contribution in [0, 0.1) is 11.3 Å². The standard InChI is InChI=1S/C19H20ClN5O3S/c20-16-4-1-5-17(13-16)29(27,28)23-8-6-18(26)24-9-11-25(12-10-24)19-15(14-21)3-2-7-22-19/h1-5,7,13,23H,6,8-12H2. The molecule has 1 N–H and O–H groups in total. The molecule has 10 heteroatoms. The summed E-state index contributed by atoms with van der Waals surface area (Å²) >= 11 is 5.83. The van der Waals surface area contributed by atoms with Crippen LogP contribution in [0.3, 0.4) is 0 Å². The van der Waals surface area contributed by atoms with Gasteiger partial charge in [0.15, 0.2) is 0 Å². The van der Waals surface area contributed by atoms with Crippen molar-refractivity contribution >= 4 is 33.3 Å². The Morgan fingerprint density at radius 2 is 1.97 bits per heavy atom. The molecule has 3 rings (SSSR count). The lowest BCUT2D eigenvalue weighted by Crippen LogP contribution is -2.49. The van der Waals surface area contributed by atoms with Gasteiger partial charge in [0, 0.05) is 50.4 Å². The first kappa shape index (κ1) is 21.0. The molecule has 1 aliphatic heterocycles. The van der Waals surface area contributed by atoms with Crippen LogP contribution >= 0.6 is 11.6 Å². The fraction of sp³-hybridized carbons (Fsp3) is 0.316. The molecule has 1 aliphatic rings. The largest absolute Gasteiger partial charge is 0.352 e. The van der Waals surface area contributed by atoms with Gasteiger partial charge in [0.05, 0.1) is 10.5 Å². The molecule has 0 radical (unpaired) electrons. The zero-order chi connectivity index (χ0) is 20.9. The van der Waals surface area contributed by atoms with Crippen LogP contribution < -0.4 is 9.62 Å². The Kier molecular flexibility index (Phi) is 6.69. The average molecular weight is 434 g/mol. The molecule has 2 heterocycles. The number of anilines is 1. The van der Waals surface area contributed by atoms with Crippen molar-refractivity contribution in [1.82, 2.24) is 14.6 Å². The third-order valence-corrected chi connectivity index (χ3v) is 6.27. The van der Waals surface area contributed by atoms with Crippen molar-refractivity contribution in [3.63, 3.8) is 0 Å². The maximum absolute atomic E-state index is 12.4. The van der Waals surface area contributed by atoms with Crippen molar-refractivity contribution in [3.05, 3.63) is 53.2 Å². The fourth-order valence-corrected chi connectivity index (χ4v) is 4.40. The highest BCUT2D eigenvalue weighted by Crippen LogP contribution is 2.18. The van der Waals surface area contributed by atoms with E-state index in [1.54, 1.807) is 35.4 Å². The lowest BCUT2D eigenvalue weighted by atomic mass is 10.2. The predicted octanol–water partition coefficient (Wildman–Crippen LogP) is 1.62. The Morgan fingerprint density at radius 3 is 2.66 bits per heavy atom. The number of piperazine rings is 1. The molecule has 1 aromatic heterocycles. The summed E-state index contributed by atoms with van der Waals surface area (Å²) in [5.74, 6) is 0.497. The van der Waals surface area contributed by atoms with Gasteiger partial charge < -0.3 is 9.80 Å². The summed E-state index contributed by atoms with van der Waals surface area (Å²) in [6, 6.07) is 11.5. The van der Waals surface area contributed by atoms with Gasteiger partial charge >= 0.3 is 0 Å². The van der Waals surface area contributed by atoms with Crippen LogP contribution in [0.5, 0.6) is 0 Å². The first-order valence-electron chi connectivity index (χ1n) is 9.04. The van der Waals surface area contributed by atoms with Gasteiger partial charge in [0.25, 0.3) is 0 Å². The molecular weight excluding hydrogens is 414 g/mol. The molecule has 1 fully saturated rings. The van der Waals surface area contributed by atoms with Crippen LogP contribution in [0.4, 0.5) is 5.82 Å². The van der Waals surface area contributed by atoms with Crippen molar-refractivity contribution < 1.29 is 13.2 Å². The second-order valence-electron chi connectivity index (χ2n) is 6.46. The Labute approximate surface area is 174 Å². The third-order valence-electron chi connectivity index (χ3n) is 4.58. The average Bonchev–Trinajstić information content (AvgIpc) is 2.73. The van der Waals surface area contributed by atoms with Gasteiger partial charge in [0.2, 0.25) is 15.9 Å². The Balaban J connectivity index is 1.50. The van der Waals surface area contributed by atoms with Gasteiger partial charge in [-0.25, -0.2) is 18.1 Å². The Morgan fingerprint density at radius 1 is 1.21 bits per heavy atom. The predicted molar refractivity (Wildman–Crippen MR) is 109 cm³/mol. The van der Waals surface area contributed by atoms with E-state index in [1.807, 2.05) is 4.90 Å². The van der Waals surface area contributed by atoms with Crippen molar-refractivity contribution in [2.75, 3.05) is 37.6 Å². The summed E-state index contributed by atoms with van der Waals surface area (Å²) in [5, 5.41) is 9.53. The number of aromatic nitrogens is 1. The molecule has 0 spiro atoms. The van der Waals surface area contributed by atoms with Crippen LogP contribution in [0.2, 0.25) is 5.02 Å². The zero-order valence-corrected chi connectivity index (χ0v) is 17.2. The Hall–Kier alpha value is -2.67. The fourth-order valence-electron chi connectivity index (χ4n) is 3.07. The van der Waals surface area contributed by atoms with Gasteiger partial charge in [-0.1, -0.05) is 17.7 Å². The molecule has 0 aliphatic carbocycles. The highest BCUT2D eigenvalue weighted by Gasteiger charge is 2.23. The quantitative estimate of drug-likeness (QED) is 0.741. The van der Waals surface area contributed by atoms with Crippen LogP contribution in [0.15, 0.2) is 47.5 Å². The van der Waals surface area contributed by atoms with Gasteiger partial charge in [0.1, 0.15) is 11.9 Å². The van der Waals surface area contributed by atoms with Crippen molar-refractivity contribution in [2.24, 2.45) is 0 Å². The van der Waals surface area contributed by atoms with E-state index in [0.717, 1.165) is 0 Å². The minimum atomic E-state index is -3.71. The summed E-state index contributed by atoms with van der Waals surface area (Å²) in [6.45, 7) is 2.10. The molecule has 0 atom stereocenters. The maximum atomic E-state index is 12.4. The third kappa shape index (κ3) is 5.23. The number of pyridine rings is 1. The molecule has 8 nitrogen and oxygen atoms in total. The number of halogens is 1. The first-order valence-corrected chi connectivity index (χ1v) is 10.9. The number of rotatable bonds is 6. The number of nitriles is 1. The second-order valence-corrected chi connectivity index (χ2v) is 8.66. The summed E-state index contributed by atoms with van der Waals surface area (Å²) in [6.07, 6.45) is 1.70. The normalized spacial score (nSPS) is 14.5. The summed E-state index contributed by atoms with van der Waals surface area (Å²) in [5.41, 5.74) is 0.502. The summed E-state index contributed by atoms with van der Waals surface area (Å²) in [4.78, 5) is 20.4. The summed E-state index contributed by atoms with van der Waals surface area (Å²) < 4.78 is 27.0. The van der Waals surface area contributed by atoms with E-state index in [1.165, 1.54) is 12.1 Å². The molecule has 0 bridgehead atoms. The van der Waals surface area contributed by atoms with E-state index in [2.05, 4.69) is 15.8 Å². The minimum absolute atomic E-state index is 0.00666. The first-order chi connectivity index (χ1) is 13.9. The molecule has 1 amide bonds. The van der Waals surface area contributed by atoms with Crippen LogP contribution in [0.25, 0.3) is 0 Å². The minimum Gasteiger partial charge on any atom is -0.352 e. The van der Waals surface area contributed by atoms with Gasteiger partial charge in [-0.05, 0) is 30.3 Å². The van der Waals surface area contributed by atoms with Gasteiger partial charge in [-0.15, -0.1) is 0 Å². The molecule has 29 heavy (non-hydrogen) atoms. The molecule has 2 aromatic rings. The molecular formula is C19H20ClN5O3S. The number of amides is 1. The smallest absolute Gasteiger partial charge is 0.240 e. The number of benzene rings is 1. The number of carbonyl (C=O) groups is 1. The summed E-state index contributed by atoms with van der Waals surface area (Å²) in [7, 11) is -3.71. The van der Waals surface area contributed by atoms with E-state index in [4.69, 9.17) is 11.6 Å². The molecule has 152 valence electrons. The van der Waals surface area contributed by atoms with E-state index in [0.29, 0.717) is 42.6 Å². The van der Waals surface area contributed by atoms with E-state index in [-0.39, 0.29) is 23.8 Å². The van der Waals surface area contributed by atoms with E-state index in [9.17, 15) is 18.5 Å². The van der Waals surface area contributed by atoms with Crippen LogP contribution in [-0.4, -0.2) is 56.9 Å². The number of hydrogen-bond donors (Lipinski definition) is 1. The molecule has 1 saturated heterocycles. The van der Waals surface area contributed by atoms with E-state index < -0.39 is 10.0 Å². The molecule has 0 saturated carbocycles. The number of nitrogens with one attached hydrogen (secondary N) is 1. The SMILES string of the molecule is N#Cc1cccnc1N1CCN(C(=O)CCNS(=O)(=O)c2cccc(Cl)c2)CC1. The Bertz CT molecular complexity index is 1030. The maximum Gasteiger partial charge on any atom is 0.240 e. The van der Waals surface area contributed by atoms with Crippen LogP contribution in [-0.2, 0) is 14.8 Å². The van der Waals surface area contributed by atoms with Crippen molar-refractivity contribution in [3.8, 4) is 6.07 Å². The number of carbonyl (C=O) groups excluding carboxylic acids is 1. The van der Waals surface area contributed by atoms with Gasteiger partial charge in [-0.3, -0.25) is 4.79 Å². The number of nitrogens with zero attached hydrogens (tertiary/aromatic N) is 4. The zero-order valence-electron chi connectivity index (χ0n) is 15.6. The van der Waals surface area contributed by atoms with Gasteiger partial charge in [-0.2, -0.15) is 5.26 Å². The topological polar surface area (TPSA) is 106 Å². The van der Waals surface area contributed by atoms with Crippen molar-refractivity contribution in [2.45, 2.75) is 11.3 Å². The van der Waals surface area contributed by atoms with Crippen LogP contribution in [0.1, 0.15) is 12.0 Å². The number of sulfonamides is 1. The molecule has 0 unspecified atom stereocenters. The van der Waals surface area contributed by atoms with Crippen molar-refractivity contribution in [1.29, 1.82) is 5.26 Å². The lowest BCUT2D eigenvalue weighted by Gasteiger charge is -2.35. The monoisotopic (exact) mass is 433 g/mol. The number of hydrogen-bond acceptors (Lipinski definition) is 6. The highest BCUT2D eigenvalue weighted by molar-refractivity contribution is 7.89. The second kappa shape index (κ2) is 9.22. The molecule has 1 aromatic carbocycles.